The Morgan fingerprint density at radius 3 is 1.40 bits per heavy atom. The van der Waals surface area contributed by atoms with Crippen LogP contribution in [0.5, 0.6) is 0 Å². The van der Waals surface area contributed by atoms with Gasteiger partial charge in [-0.3, -0.25) is 0 Å². The van der Waals surface area contributed by atoms with Crippen molar-refractivity contribution in [2.45, 2.75) is 69.2 Å². The van der Waals surface area contributed by atoms with E-state index in [2.05, 4.69) is 140 Å². The molecule has 1 heterocycles. The fourth-order valence-corrected chi connectivity index (χ4v) is 6.82. The molecule has 0 atom stereocenters. The van der Waals surface area contributed by atoms with Gasteiger partial charge in [-0.05, 0) is 137 Å². The lowest BCUT2D eigenvalue weighted by Gasteiger charge is -2.28. The molecule has 0 saturated heterocycles. The summed E-state index contributed by atoms with van der Waals surface area (Å²) in [5, 5.41) is 0. The number of hydrogen-bond donors (Lipinski definition) is 0. The van der Waals surface area contributed by atoms with E-state index < -0.39 is 0 Å². The first kappa shape index (κ1) is 29.2. The van der Waals surface area contributed by atoms with Crippen molar-refractivity contribution >= 4 is 11.4 Å². The van der Waals surface area contributed by atoms with E-state index in [1.54, 1.807) is 6.33 Å². The molecule has 0 aliphatic heterocycles. The summed E-state index contributed by atoms with van der Waals surface area (Å²) >= 11 is 0. The summed E-state index contributed by atoms with van der Waals surface area (Å²) in [5.41, 5.74) is 19.5. The zero-order chi connectivity index (χ0) is 30.5. The van der Waals surface area contributed by atoms with Crippen LogP contribution in [-0.4, -0.2) is 22.0 Å². The molecule has 0 spiro atoms. The summed E-state index contributed by atoms with van der Waals surface area (Å²) in [6.07, 6.45) is 1.65. The van der Waals surface area contributed by atoms with E-state index in [0.717, 1.165) is 28.5 Å². The first-order valence-corrected chi connectivity index (χ1v) is 14.7. The number of rotatable bonds is 5. The topological polar surface area (TPSA) is 41.9 Å². The lowest BCUT2D eigenvalue weighted by Crippen LogP contribution is -2.15. The largest absolute Gasteiger partial charge is 0.344 e. The third kappa shape index (κ3) is 5.11. The quantitative estimate of drug-likeness (QED) is 0.217. The van der Waals surface area contributed by atoms with Crippen LogP contribution in [0.15, 0.2) is 54.9 Å². The van der Waals surface area contributed by atoms with Gasteiger partial charge in [-0.2, -0.15) is 0 Å². The average molecular weight is 555 g/mol. The number of nitrogens with zero attached hydrogens (tertiary/aromatic N) is 4. The SMILES string of the molecule is Cc1cc(C)c(-c2ccc(N(C)c3c(C)c(C)c(-c4ncnc(-c5c(C)cc(C)cc5C)n4)c(C)c3C)cc2)c(C)c1. The van der Waals surface area contributed by atoms with E-state index in [9.17, 15) is 0 Å². The van der Waals surface area contributed by atoms with Crippen LogP contribution in [0.2, 0.25) is 0 Å². The molecule has 0 unspecified atom stereocenters. The van der Waals surface area contributed by atoms with Crippen molar-refractivity contribution in [2.75, 3.05) is 11.9 Å². The van der Waals surface area contributed by atoms with Crippen LogP contribution in [0.4, 0.5) is 11.4 Å². The van der Waals surface area contributed by atoms with Crippen molar-refractivity contribution in [2.24, 2.45) is 0 Å². The zero-order valence-corrected chi connectivity index (χ0v) is 27.0. The Morgan fingerprint density at radius 1 is 0.500 bits per heavy atom. The second-order valence-corrected chi connectivity index (χ2v) is 12.0. The lowest BCUT2D eigenvalue weighted by atomic mass is 9.90. The van der Waals surface area contributed by atoms with Gasteiger partial charge >= 0.3 is 0 Å². The summed E-state index contributed by atoms with van der Waals surface area (Å²) in [5.74, 6) is 1.45. The Balaban J connectivity index is 1.55. The van der Waals surface area contributed by atoms with E-state index in [-0.39, 0.29) is 0 Å². The molecule has 0 fully saturated rings. The van der Waals surface area contributed by atoms with Crippen LogP contribution in [-0.2, 0) is 0 Å². The predicted octanol–water partition coefficient (Wildman–Crippen LogP) is 9.72. The van der Waals surface area contributed by atoms with E-state index >= 15 is 0 Å². The molecule has 0 bridgehead atoms. The summed E-state index contributed by atoms with van der Waals surface area (Å²) in [6, 6.07) is 17.9. The minimum atomic E-state index is 0.725. The summed E-state index contributed by atoms with van der Waals surface area (Å²) in [6.45, 7) is 21.7. The maximum Gasteiger partial charge on any atom is 0.163 e. The molecule has 4 heteroatoms. The van der Waals surface area contributed by atoms with Gasteiger partial charge in [0.1, 0.15) is 6.33 Å². The molecule has 214 valence electrons. The van der Waals surface area contributed by atoms with Gasteiger partial charge in [-0.15, -0.1) is 0 Å². The van der Waals surface area contributed by atoms with Crippen LogP contribution in [0.25, 0.3) is 33.9 Å². The molecule has 42 heavy (non-hydrogen) atoms. The molecule has 4 aromatic carbocycles. The number of anilines is 2. The molecule has 0 radical (unpaired) electrons. The monoisotopic (exact) mass is 554 g/mol. The fourth-order valence-electron chi connectivity index (χ4n) is 6.82. The molecular formula is C38H42N4. The normalized spacial score (nSPS) is 11.2. The average Bonchev–Trinajstić information content (AvgIpc) is 2.92. The maximum absolute atomic E-state index is 5.02. The van der Waals surface area contributed by atoms with E-state index in [0.29, 0.717) is 0 Å². The van der Waals surface area contributed by atoms with Crippen LogP contribution in [0.1, 0.15) is 55.6 Å². The van der Waals surface area contributed by atoms with Crippen molar-refractivity contribution in [3.63, 3.8) is 0 Å². The van der Waals surface area contributed by atoms with E-state index in [1.807, 2.05) is 0 Å². The minimum Gasteiger partial charge on any atom is -0.344 e. The molecule has 0 aliphatic rings. The highest BCUT2D eigenvalue weighted by atomic mass is 15.1. The highest BCUT2D eigenvalue weighted by Crippen LogP contribution is 2.40. The van der Waals surface area contributed by atoms with Gasteiger partial charge in [0.25, 0.3) is 0 Å². The highest BCUT2D eigenvalue weighted by molar-refractivity contribution is 5.81. The van der Waals surface area contributed by atoms with Gasteiger partial charge in [0, 0.05) is 29.5 Å². The van der Waals surface area contributed by atoms with Crippen molar-refractivity contribution in [3.8, 4) is 33.9 Å². The second kappa shape index (κ2) is 11.2. The first-order chi connectivity index (χ1) is 19.9. The van der Waals surface area contributed by atoms with Crippen LogP contribution < -0.4 is 4.90 Å². The predicted molar refractivity (Wildman–Crippen MR) is 178 cm³/mol. The number of aryl methyl sites for hydroxylation is 6. The van der Waals surface area contributed by atoms with E-state index in [1.165, 1.54) is 72.4 Å². The van der Waals surface area contributed by atoms with Crippen LogP contribution in [0.3, 0.4) is 0 Å². The van der Waals surface area contributed by atoms with Crippen molar-refractivity contribution < 1.29 is 0 Å². The molecule has 0 N–H and O–H groups in total. The van der Waals surface area contributed by atoms with Crippen LogP contribution in [0, 0.1) is 69.2 Å². The molecule has 0 saturated carbocycles. The highest BCUT2D eigenvalue weighted by Gasteiger charge is 2.22. The van der Waals surface area contributed by atoms with Gasteiger partial charge in [-0.25, -0.2) is 15.0 Å². The third-order valence-corrected chi connectivity index (χ3v) is 8.84. The van der Waals surface area contributed by atoms with Crippen molar-refractivity contribution in [1.29, 1.82) is 0 Å². The standard InChI is InChI=1S/C38H42N4/c1-21-16-23(3)33(24(4)17-21)31-12-14-32(15-13-31)42(11)36-29(9)27(7)35(28(8)30(36)10)38-40-20-39-37(41-38)34-25(5)18-22(2)19-26(34)6/h12-20H,1-11H3. The summed E-state index contributed by atoms with van der Waals surface area (Å²) in [4.78, 5) is 16.6. The fraction of sp³-hybridized carbons (Fsp3) is 0.289. The smallest absolute Gasteiger partial charge is 0.163 e. The molecule has 5 aromatic rings. The van der Waals surface area contributed by atoms with Crippen molar-refractivity contribution in [3.05, 3.63) is 110 Å². The Bertz CT molecular complexity index is 1750. The maximum atomic E-state index is 5.02. The summed E-state index contributed by atoms with van der Waals surface area (Å²) in [7, 11) is 2.16. The Hall–Kier alpha value is -4.31. The van der Waals surface area contributed by atoms with Gasteiger partial charge in [0.05, 0.1) is 0 Å². The molecule has 0 amide bonds. The van der Waals surface area contributed by atoms with E-state index in [4.69, 9.17) is 4.98 Å². The van der Waals surface area contributed by atoms with Gasteiger partial charge < -0.3 is 4.90 Å². The van der Waals surface area contributed by atoms with Crippen LogP contribution >= 0.6 is 0 Å². The molecule has 0 aliphatic carbocycles. The minimum absolute atomic E-state index is 0.725. The molecular weight excluding hydrogens is 512 g/mol. The van der Waals surface area contributed by atoms with Crippen molar-refractivity contribution in [1.82, 2.24) is 15.0 Å². The van der Waals surface area contributed by atoms with Gasteiger partial charge in [0.2, 0.25) is 0 Å². The molecule has 4 nitrogen and oxygen atoms in total. The number of benzene rings is 4. The zero-order valence-electron chi connectivity index (χ0n) is 27.0. The lowest BCUT2D eigenvalue weighted by molar-refractivity contribution is 1.04. The number of aromatic nitrogens is 3. The number of hydrogen-bond acceptors (Lipinski definition) is 4. The first-order valence-electron chi connectivity index (χ1n) is 14.7. The Kier molecular flexibility index (Phi) is 7.76. The third-order valence-electron chi connectivity index (χ3n) is 8.84. The second-order valence-electron chi connectivity index (χ2n) is 12.0. The van der Waals surface area contributed by atoms with Gasteiger partial charge in [-0.1, -0.05) is 47.5 Å². The molecule has 1 aromatic heterocycles. The van der Waals surface area contributed by atoms with Gasteiger partial charge in [0.15, 0.2) is 11.6 Å². The Morgan fingerprint density at radius 2 is 0.929 bits per heavy atom. The summed E-state index contributed by atoms with van der Waals surface area (Å²) < 4.78 is 0. The molecule has 5 rings (SSSR count). The Labute approximate surface area is 251 Å².